The number of nitrogens with zero attached hydrogens (tertiary/aromatic N) is 3. The number of benzene rings is 3. The van der Waals surface area contributed by atoms with Gasteiger partial charge in [0.1, 0.15) is 23.1 Å². The predicted molar refractivity (Wildman–Crippen MR) is 146 cm³/mol. The van der Waals surface area contributed by atoms with Gasteiger partial charge in [-0.2, -0.15) is 10.4 Å². The van der Waals surface area contributed by atoms with Crippen molar-refractivity contribution in [2.24, 2.45) is 0 Å². The first kappa shape index (κ1) is 25.5. The van der Waals surface area contributed by atoms with Gasteiger partial charge in [0.25, 0.3) is 5.91 Å². The van der Waals surface area contributed by atoms with E-state index in [1.165, 1.54) is 0 Å². The van der Waals surface area contributed by atoms with Crippen molar-refractivity contribution in [3.63, 3.8) is 0 Å². The van der Waals surface area contributed by atoms with E-state index in [1.807, 2.05) is 98.9 Å². The molecule has 0 spiro atoms. The Morgan fingerprint density at radius 2 is 1.81 bits per heavy atom. The van der Waals surface area contributed by atoms with E-state index in [0.29, 0.717) is 17.9 Å². The van der Waals surface area contributed by atoms with Crippen molar-refractivity contribution in [3.05, 3.63) is 107 Å². The van der Waals surface area contributed by atoms with Crippen molar-refractivity contribution in [2.75, 3.05) is 6.61 Å². The quantitative estimate of drug-likeness (QED) is 0.217. The Labute approximate surface area is 217 Å². The average Bonchev–Trinajstić information content (AvgIpc) is 3.35. The zero-order valence-corrected chi connectivity index (χ0v) is 21.3. The molecule has 4 rings (SSSR count). The van der Waals surface area contributed by atoms with Crippen LogP contribution >= 0.6 is 0 Å². The summed E-state index contributed by atoms with van der Waals surface area (Å²) in [4.78, 5) is 13.1. The van der Waals surface area contributed by atoms with Crippen molar-refractivity contribution < 1.29 is 9.53 Å². The largest absolute Gasteiger partial charge is 0.494 e. The summed E-state index contributed by atoms with van der Waals surface area (Å²) in [6, 6.07) is 27.1. The third kappa shape index (κ3) is 6.14. The summed E-state index contributed by atoms with van der Waals surface area (Å²) in [5, 5.41) is 17.7. The highest BCUT2D eigenvalue weighted by atomic mass is 16.5. The van der Waals surface area contributed by atoms with E-state index in [9.17, 15) is 10.1 Å². The van der Waals surface area contributed by atoms with Gasteiger partial charge < -0.3 is 10.1 Å². The highest BCUT2D eigenvalue weighted by molar-refractivity contribution is 6.02. The van der Waals surface area contributed by atoms with Gasteiger partial charge in [-0.25, -0.2) is 4.68 Å². The number of para-hydroxylation sites is 1. The summed E-state index contributed by atoms with van der Waals surface area (Å²) >= 11 is 0. The molecule has 0 aliphatic rings. The zero-order valence-electron chi connectivity index (χ0n) is 21.3. The molecule has 37 heavy (non-hydrogen) atoms. The zero-order chi connectivity index (χ0) is 26.2. The van der Waals surface area contributed by atoms with Gasteiger partial charge in [-0.1, -0.05) is 55.5 Å². The third-order valence-electron chi connectivity index (χ3n) is 6.00. The van der Waals surface area contributed by atoms with Crippen LogP contribution in [0.25, 0.3) is 23.0 Å². The van der Waals surface area contributed by atoms with Crippen LogP contribution in [0.2, 0.25) is 0 Å². The highest BCUT2D eigenvalue weighted by Crippen LogP contribution is 2.31. The second kappa shape index (κ2) is 11.9. The number of ether oxygens (including phenoxy) is 1. The van der Waals surface area contributed by atoms with Crippen molar-refractivity contribution in [1.29, 1.82) is 5.26 Å². The van der Waals surface area contributed by atoms with Crippen LogP contribution in [0.3, 0.4) is 0 Å². The number of aromatic nitrogens is 2. The summed E-state index contributed by atoms with van der Waals surface area (Å²) in [6.45, 7) is 6.62. The fourth-order valence-electron chi connectivity index (χ4n) is 4.03. The lowest BCUT2D eigenvalue weighted by Gasteiger charge is -2.13. The molecule has 0 saturated carbocycles. The fraction of sp³-hybridized carbons (Fsp3) is 0.194. The first-order chi connectivity index (χ1) is 18.0. The van der Waals surface area contributed by atoms with Crippen LogP contribution in [0.4, 0.5) is 0 Å². The van der Waals surface area contributed by atoms with E-state index >= 15 is 0 Å². The summed E-state index contributed by atoms with van der Waals surface area (Å²) in [5.41, 5.74) is 5.10. The molecular weight excluding hydrogens is 460 g/mol. The molecule has 1 atom stereocenters. The minimum atomic E-state index is -0.433. The van der Waals surface area contributed by atoms with Gasteiger partial charge in [0.15, 0.2) is 0 Å². The number of nitrogens with one attached hydrogen (secondary N) is 1. The van der Waals surface area contributed by atoms with Crippen LogP contribution in [-0.2, 0) is 4.79 Å². The van der Waals surface area contributed by atoms with E-state index in [4.69, 9.17) is 9.84 Å². The van der Waals surface area contributed by atoms with Gasteiger partial charge in [0, 0.05) is 17.3 Å². The molecule has 0 unspecified atom stereocenters. The standard InChI is InChI=1S/C31H30N4O2/c1-4-17-37-28-15-16-29(22(2)18-28)30-26(21-35(34-30)27-13-9-6-10-14-27)19-25(20-32)31(36)33-23(3)24-11-7-5-8-12-24/h5-16,18-19,21,23H,4,17H2,1-3H3,(H,33,36)/b25-19+/t23-/m0/s1. The molecular formula is C31H30N4O2. The molecule has 4 aromatic rings. The number of aryl methyl sites for hydroxylation is 1. The van der Waals surface area contributed by atoms with Crippen LogP contribution in [0.5, 0.6) is 5.75 Å². The lowest BCUT2D eigenvalue weighted by Crippen LogP contribution is -2.27. The van der Waals surface area contributed by atoms with E-state index in [2.05, 4.69) is 18.3 Å². The minimum absolute atomic E-state index is 0.0113. The maximum Gasteiger partial charge on any atom is 0.262 e. The number of hydrogen-bond donors (Lipinski definition) is 1. The van der Waals surface area contributed by atoms with Gasteiger partial charge in [-0.15, -0.1) is 0 Å². The first-order valence-electron chi connectivity index (χ1n) is 12.4. The maximum absolute atomic E-state index is 13.1. The first-order valence-corrected chi connectivity index (χ1v) is 12.4. The van der Waals surface area contributed by atoms with Crippen LogP contribution in [0.15, 0.2) is 90.6 Å². The molecule has 0 aliphatic carbocycles. The predicted octanol–water partition coefficient (Wildman–Crippen LogP) is 6.42. The smallest absolute Gasteiger partial charge is 0.262 e. The Kier molecular flexibility index (Phi) is 8.17. The second-order valence-electron chi connectivity index (χ2n) is 8.81. The average molecular weight is 491 g/mol. The Hall–Kier alpha value is -4.63. The topological polar surface area (TPSA) is 79.9 Å². The molecule has 1 aromatic heterocycles. The number of amides is 1. The molecule has 1 heterocycles. The molecule has 0 aliphatic heterocycles. The van der Waals surface area contributed by atoms with Gasteiger partial charge in [0.05, 0.1) is 18.3 Å². The van der Waals surface area contributed by atoms with E-state index in [-0.39, 0.29) is 11.6 Å². The molecule has 0 bridgehead atoms. The van der Waals surface area contributed by atoms with Gasteiger partial charge >= 0.3 is 0 Å². The van der Waals surface area contributed by atoms with Crippen LogP contribution in [0.1, 0.15) is 43.0 Å². The molecule has 6 heteroatoms. The summed E-state index contributed by atoms with van der Waals surface area (Å²) in [7, 11) is 0. The van der Waals surface area contributed by atoms with Crippen molar-refractivity contribution >= 4 is 12.0 Å². The molecule has 3 aromatic carbocycles. The molecule has 0 saturated heterocycles. The Morgan fingerprint density at radius 1 is 1.11 bits per heavy atom. The Balaban J connectivity index is 1.72. The van der Waals surface area contributed by atoms with E-state index in [0.717, 1.165) is 34.5 Å². The Bertz CT molecular complexity index is 1430. The van der Waals surface area contributed by atoms with Gasteiger partial charge in [-0.05, 0) is 67.8 Å². The lowest BCUT2D eigenvalue weighted by molar-refractivity contribution is -0.117. The van der Waals surface area contributed by atoms with Crippen LogP contribution in [0, 0.1) is 18.3 Å². The monoisotopic (exact) mass is 490 g/mol. The van der Waals surface area contributed by atoms with E-state index in [1.54, 1.807) is 10.8 Å². The number of carbonyl (C=O) groups is 1. The molecule has 0 radical (unpaired) electrons. The second-order valence-corrected chi connectivity index (χ2v) is 8.81. The SMILES string of the molecule is CCCOc1ccc(-c2nn(-c3ccccc3)cc2/C=C(\C#N)C(=O)N[C@@H](C)c2ccccc2)c(C)c1. The molecule has 1 N–H and O–H groups in total. The normalized spacial score (nSPS) is 12.0. The lowest BCUT2D eigenvalue weighted by atomic mass is 10.0. The maximum atomic E-state index is 13.1. The minimum Gasteiger partial charge on any atom is -0.494 e. The number of nitriles is 1. The fourth-order valence-corrected chi connectivity index (χ4v) is 4.03. The summed E-state index contributed by atoms with van der Waals surface area (Å²) in [5.74, 6) is 0.368. The third-order valence-corrected chi connectivity index (χ3v) is 6.00. The molecule has 6 nitrogen and oxygen atoms in total. The number of hydrogen-bond acceptors (Lipinski definition) is 4. The Morgan fingerprint density at radius 3 is 2.46 bits per heavy atom. The molecule has 0 fully saturated rings. The summed E-state index contributed by atoms with van der Waals surface area (Å²) in [6.07, 6.45) is 4.38. The van der Waals surface area contributed by atoms with Crippen molar-refractivity contribution in [1.82, 2.24) is 15.1 Å². The van der Waals surface area contributed by atoms with Crippen LogP contribution in [-0.4, -0.2) is 22.3 Å². The highest BCUT2D eigenvalue weighted by Gasteiger charge is 2.18. The van der Waals surface area contributed by atoms with E-state index < -0.39 is 5.91 Å². The number of rotatable bonds is 9. The van der Waals surface area contributed by atoms with Gasteiger partial charge in [0.2, 0.25) is 0 Å². The number of carbonyl (C=O) groups excluding carboxylic acids is 1. The van der Waals surface area contributed by atoms with Gasteiger partial charge in [-0.3, -0.25) is 4.79 Å². The molecule has 186 valence electrons. The molecule has 1 amide bonds. The van der Waals surface area contributed by atoms with Crippen molar-refractivity contribution in [2.45, 2.75) is 33.2 Å². The van der Waals surface area contributed by atoms with Crippen LogP contribution < -0.4 is 10.1 Å². The van der Waals surface area contributed by atoms with Crippen molar-refractivity contribution in [3.8, 4) is 28.8 Å². The summed E-state index contributed by atoms with van der Waals surface area (Å²) < 4.78 is 7.55.